The maximum Gasteiger partial charge on any atom is 0.159 e. The molecule has 0 spiro atoms. The molecular formula is C58H43NO. The van der Waals surface area contributed by atoms with Crippen LogP contribution in [0.25, 0.3) is 77.2 Å². The minimum atomic E-state index is -0.0547. The standard InChI is InChI=1S/C58H43NO/c1-57(2)50-20-10-8-16-48(50)54-42(17-11-21-51(54)57)38-25-31-41(32-26-38)59(53-22-12-18-46-47-34-27-37-13-5-6-14-43(37)55(47)60-56(46)53)40-29-23-36(24-30-40)39-28-33-45-44-15-7-9-19-49(44)58(3,4)52(45)35-39/h5-35H,1-4H3. The number of anilines is 3. The molecule has 10 aromatic rings. The van der Waals surface area contributed by atoms with Crippen LogP contribution in [0.15, 0.2) is 192 Å². The maximum atomic E-state index is 6.96. The van der Waals surface area contributed by atoms with Crippen molar-refractivity contribution in [3.63, 3.8) is 0 Å². The van der Waals surface area contributed by atoms with Crippen LogP contribution in [0.3, 0.4) is 0 Å². The number of para-hydroxylation sites is 1. The second kappa shape index (κ2) is 12.7. The van der Waals surface area contributed by atoms with E-state index in [1.165, 1.54) is 72.1 Å². The van der Waals surface area contributed by atoms with Gasteiger partial charge in [-0.3, -0.25) is 0 Å². The van der Waals surface area contributed by atoms with Gasteiger partial charge in [0.05, 0.1) is 5.69 Å². The van der Waals surface area contributed by atoms with Crippen molar-refractivity contribution in [3.8, 4) is 44.5 Å². The molecule has 0 aliphatic heterocycles. The highest BCUT2D eigenvalue weighted by Crippen LogP contribution is 2.53. The second-order valence-corrected chi connectivity index (χ2v) is 17.7. The van der Waals surface area contributed by atoms with Gasteiger partial charge < -0.3 is 9.32 Å². The Bertz CT molecular complexity index is 3360. The van der Waals surface area contributed by atoms with Crippen LogP contribution in [-0.4, -0.2) is 0 Å². The van der Waals surface area contributed by atoms with Crippen LogP contribution in [0.5, 0.6) is 0 Å². The Hall–Kier alpha value is -7.16. The van der Waals surface area contributed by atoms with Crippen molar-refractivity contribution >= 4 is 49.8 Å². The third-order valence-corrected chi connectivity index (χ3v) is 13.7. The largest absolute Gasteiger partial charge is 0.453 e. The zero-order valence-corrected chi connectivity index (χ0v) is 34.3. The van der Waals surface area contributed by atoms with Crippen molar-refractivity contribution in [2.75, 3.05) is 4.90 Å². The van der Waals surface area contributed by atoms with Crippen LogP contribution in [0.4, 0.5) is 17.1 Å². The number of hydrogen-bond donors (Lipinski definition) is 0. The number of rotatable bonds is 5. The van der Waals surface area contributed by atoms with Crippen molar-refractivity contribution in [2.24, 2.45) is 0 Å². The highest BCUT2D eigenvalue weighted by atomic mass is 16.3. The van der Waals surface area contributed by atoms with Crippen LogP contribution < -0.4 is 4.90 Å². The molecule has 2 aliphatic carbocycles. The molecule has 2 heteroatoms. The fourth-order valence-corrected chi connectivity index (χ4v) is 10.6. The molecule has 0 N–H and O–H groups in total. The van der Waals surface area contributed by atoms with E-state index in [9.17, 15) is 0 Å². The number of furan rings is 1. The monoisotopic (exact) mass is 769 g/mol. The minimum absolute atomic E-state index is 0.0531. The summed E-state index contributed by atoms with van der Waals surface area (Å²) in [6.45, 7) is 9.39. The Balaban J connectivity index is 0.996. The summed E-state index contributed by atoms with van der Waals surface area (Å²) in [6, 6.07) is 69.2. The summed E-state index contributed by atoms with van der Waals surface area (Å²) in [6.07, 6.45) is 0. The third kappa shape index (κ3) is 4.94. The quantitative estimate of drug-likeness (QED) is 0.173. The van der Waals surface area contributed by atoms with Gasteiger partial charge in [0.1, 0.15) is 5.58 Å². The molecule has 9 aromatic carbocycles. The van der Waals surface area contributed by atoms with Crippen LogP contribution in [0.1, 0.15) is 49.9 Å². The molecule has 0 fully saturated rings. The fourth-order valence-electron chi connectivity index (χ4n) is 10.6. The lowest BCUT2D eigenvalue weighted by Crippen LogP contribution is -2.14. The molecule has 0 atom stereocenters. The lowest BCUT2D eigenvalue weighted by molar-refractivity contribution is 0.660. The van der Waals surface area contributed by atoms with Gasteiger partial charge in [-0.1, -0.05) is 173 Å². The summed E-state index contributed by atoms with van der Waals surface area (Å²) in [5, 5.41) is 4.53. The molecule has 1 aromatic heterocycles. The van der Waals surface area contributed by atoms with Gasteiger partial charge in [-0.2, -0.15) is 0 Å². The summed E-state index contributed by atoms with van der Waals surface area (Å²) in [7, 11) is 0. The Kier molecular flexibility index (Phi) is 7.36. The van der Waals surface area contributed by atoms with Gasteiger partial charge in [0.25, 0.3) is 0 Å². The Morgan fingerprint density at radius 1 is 0.367 bits per heavy atom. The highest BCUT2D eigenvalue weighted by Gasteiger charge is 2.37. The predicted octanol–water partition coefficient (Wildman–Crippen LogP) is 16.2. The third-order valence-electron chi connectivity index (χ3n) is 13.7. The lowest BCUT2D eigenvalue weighted by Gasteiger charge is -2.26. The zero-order chi connectivity index (χ0) is 40.3. The van der Waals surface area contributed by atoms with Crippen molar-refractivity contribution in [2.45, 2.75) is 38.5 Å². The zero-order valence-electron chi connectivity index (χ0n) is 34.3. The molecule has 0 bridgehead atoms. The number of nitrogens with zero attached hydrogens (tertiary/aromatic N) is 1. The van der Waals surface area contributed by atoms with Crippen LogP contribution in [0.2, 0.25) is 0 Å². The average Bonchev–Trinajstić information content (AvgIpc) is 3.87. The van der Waals surface area contributed by atoms with E-state index in [2.05, 4.69) is 221 Å². The van der Waals surface area contributed by atoms with Gasteiger partial charge >= 0.3 is 0 Å². The SMILES string of the molecule is CC1(C)c2ccccc2-c2ccc(-c3ccc(N(c4ccc(-c5cccc6c5-c5ccccc5C6(C)C)cc4)c4cccc5c4oc4c6ccccc6ccc54)cc3)cc21. The predicted molar refractivity (Wildman–Crippen MR) is 252 cm³/mol. The van der Waals surface area contributed by atoms with Crippen molar-refractivity contribution in [1.29, 1.82) is 0 Å². The lowest BCUT2D eigenvalue weighted by atomic mass is 9.81. The van der Waals surface area contributed by atoms with Crippen molar-refractivity contribution < 1.29 is 4.42 Å². The normalized spacial score (nSPS) is 14.3. The molecule has 0 amide bonds. The average molecular weight is 770 g/mol. The van der Waals surface area contributed by atoms with Gasteiger partial charge in [-0.25, -0.2) is 0 Å². The Morgan fingerprint density at radius 3 is 1.70 bits per heavy atom. The van der Waals surface area contributed by atoms with E-state index in [4.69, 9.17) is 4.42 Å². The van der Waals surface area contributed by atoms with Gasteiger partial charge in [0.15, 0.2) is 5.58 Å². The number of benzene rings is 9. The van der Waals surface area contributed by atoms with E-state index in [1.807, 2.05) is 0 Å². The topological polar surface area (TPSA) is 16.4 Å². The van der Waals surface area contributed by atoms with Gasteiger partial charge in [-0.05, 0) is 115 Å². The maximum absolute atomic E-state index is 6.96. The van der Waals surface area contributed by atoms with Crippen molar-refractivity contribution in [1.82, 2.24) is 0 Å². The summed E-state index contributed by atoms with van der Waals surface area (Å²) in [5.74, 6) is 0. The first-order valence-corrected chi connectivity index (χ1v) is 21.1. The smallest absolute Gasteiger partial charge is 0.159 e. The van der Waals surface area contributed by atoms with Crippen molar-refractivity contribution in [3.05, 3.63) is 210 Å². The van der Waals surface area contributed by atoms with E-state index in [1.54, 1.807) is 0 Å². The van der Waals surface area contributed by atoms with Gasteiger partial charge in [0.2, 0.25) is 0 Å². The Labute approximate surface area is 351 Å². The highest BCUT2D eigenvalue weighted by molar-refractivity contribution is 6.17. The van der Waals surface area contributed by atoms with Crippen LogP contribution in [-0.2, 0) is 10.8 Å². The molecular weight excluding hydrogens is 727 g/mol. The molecule has 2 aliphatic rings. The molecule has 0 saturated heterocycles. The summed E-state index contributed by atoms with van der Waals surface area (Å²) >= 11 is 0. The molecule has 12 rings (SSSR count). The Morgan fingerprint density at radius 2 is 0.917 bits per heavy atom. The van der Waals surface area contributed by atoms with E-state index in [0.29, 0.717) is 0 Å². The molecule has 0 radical (unpaired) electrons. The summed E-state index contributed by atoms with van der Waals surface area (Å²) < 4.78 is 6.96. The van der Waals surface area contributed by atoms with Gasteiger partial charge in [-0.15, -0.1) is 0 Å². The fraction of sp³-hybridized carbons (Fsp3) is 0.103. The minimum Gasteiger partial charge on any atom is -0.453 e. The van der Waals surface area contributed by atoms with E-state index < -0.39 is 0 Å². The summed E-state index contributed by atoms with van der Waals surface area (Å²) in [5.41, 5.74) is 20.6. The first-order chi connectivity index (χ1) is 29.3. The van der Waals surface area contributed by atoms with Crippen LogP contribution >= 0.6 is 0 Å². The number of fused-ring (bicyclic) bond motifs is 11. The first-order valence-electron chi connectivity index (χ1n) is 21.1. The molecule has 1 heterocycles. The van der Waals surface area contributed by atoms with E-state index in [-0.39, 0.29) is 10.8 Å². The summed E-state index contributed by atoms with van der Waals surface area (Å²) in [4.78, 5) is 2.36. The van der Waals surface area contributed by atoms with E-state index in [0.717, 1.165) is 44.4 Å². The second-order valence-electron chi connectivity index (χ2n) is 17.7. The number of hydrogen-bond acceptors (Lipinski definition) is 2. The molecule has 286 valence electrons. The van der Waals surface area contributed by atoms with Gasteiger partial charge in [0, 0.05) is 38.4 Å². The molecule has 60 heavy (non-hydrogen) atoms. The molecule has 0 saturated carbocycles. The molecule has 0 unspecified atom stereocenters. The molecule has 2 nitrogen and oxygen atoms in total. The first kappa shape index (κ1) is 34.8. The van der Waals surface area contributed by atoms with Crippen LogP contribution in [0, 0.1) is 0 Å². The van der Waals surface area contributed by atoms with E-state index >= 15 is 0 Å².